The van der Waals surface area contributed by atoms with Crippen molar-refractivity contribution < 1.29 is 4.79 Å². The van der Waals surface area contributed by atoms with E-state index in [1.54, 1.807) is 51.3 Å². The second kappa shape index (κ2) is 10.1. The van der Waals surface area contributed by atoms with Crippen LogP contribution in [-0.2, 0) is 11.2 Å². The van der Waals surface area contributed by atoms with E-state index in [1.165, 1.54) is 4.57 Å². The Kier molecular flexibility index (Phi) is 7.27. The number of nitrogens with two attached hydrogens (primary N) is 1. The minimum absolute atomic E-state index is 0.141. The van der Waals surface area contributed by atoms with Crippen molar-refractivity contribution in [3.05, 3.63) is 57.9 Å². The third kappa shape index (κ3) is 4.79. The van der Waals surface area contributed by atoms with Crippen LogP contribution >= 0.6 is 0 Å². The molecule has 0 fully saturated rings. The van der Waals surface area contributed by atoms with Crippen molar-refractivity contribution in [2.45, 2.75) is 33.6 Å². The van der Waals surface area contributed by atoms with E-state index in [0.717, 1.165) is 12.1 Å². The number of anilines is 4. The van der Waals surface area contributed by atoms with Crippen LogP contribution in [-0.4, -0.2) is 46.1 Å². The lowest BCUT2D eigenvalue weighted by Crippen LogP contribution is -2.33. The van der Waals surface area contributed by atoms with E-state index >= 15 is 0 Å². The number of hydrogen-bond acceptors (Lipinski definition) is 8. The second-order valence-electron chi connectivity index (χ2n) is 7.64. The molecule has 3 heterocycles. The van der Waals surface area contributed by atoms with E-state index < -0.39 is 0 Å². The SMILES string of the molecule is CCCN(c1ncccc1NC)c1ncc(C)n(-c2nc(C)c(CC(=O)NC)cc2N)c1=O. The Morgan fingerprint density at radius 1 is 1.21 bits per heavy atom. The number of carbonyl (C=O) groups is 1. The van der Waals surface area contributed by atoms with Crippen molar-refractivity contribution in [3.63, 3.8) is 0 Å². The number of likely N-dealkylation sites (N-methyl/N-ethyl adjacent to an activating group) is 1. The lowest BCUT2D eigenvalue weighted by molar-refractivity contribution is -0.119. The molecule has 4 N–H and O–H groups in total. The van der Waals surface area contributed by atoms with Gasteiger partial charge in [0, 0.05) is 44.4 Å². The molecule has 0 saturated carbocycles. The number of aromatic nitrogens is 4. The normalized spacial score (nSPS) is 10.7. The third-order valence-corrected chi connectivity index (χ3v) is 5.30. The third-order valence-electron chi connectivity index (χ3n) is 5.30. The largest absolute Gasteiger partial charge is 0.396 e. The van der Waals surface area contributed by atoms with Gasteiger partial charge in [0.2, 0.25) is 11.7 Å². The fourth-order valence-corrected chi connectivity index (χ4v) is 3.59. The van der Waals surface area contributed by atoms with E-state index in [9.17, 15) is 9.59 Å². The average Bonchev–Trinajstić information content (AvgIpc) is 2.81. The van der Waals surface area contributed by atoms with E-state index in [4.69, 9.17) is 5.73 Å². The molecule has 3 aromatic rings. The Morgan fingerprint density at radius 3 is 2.64 bits per heavy atom. The highest BCUT2D eigenvalue weighted by Gasteiger charge is 2.22. The lowest BCUT2D eigenvalue weighted by atomic mass is 10.1. The number of nitrogens with zero attached hydrogens (tertiary/aromatic N) is 5. The number of nitrogens with one attached hydrogen (secondary N) is 2. The number of rotatable bonds is 8. The van der Waals surface area contributed by atoms with E-state index in [1.807, 2.05) is 19.1 Å². The van der Waals surface area contributed by atoms with Crippen molar-refractivity contribution in [2.24, 2.45) is 0 Å². The van der Waals surface area contributed by atoms with Crippen molar-refractivity contribution in [3.8, 4) is 5.82 Å². The number of pyridine rings is 2. The average molecular weight is 451 g/mol. The van der Waals surface area contributed by atoms with Crippen molar-refractivity contribution in [1.29, 1.82) is 0 Å². The highest BCUT2D eigenvalue weighted by Crippen LogP contribution is 2.28. The van der Waals surface area contributed by atoms with Crippen LogP contribution in [0.5, 0.6) is 0 Å². The predicted octanol–water partition coefficient (Wildman–Crippen LogP) is 2.10. The molecule has 0 aliphatic carbocycles. The molecular weight excluding hydrogens is 420 g/mol. The first-order chi connectivity index (χ1) is 15.8. The molecule has 0 spiro atoms. The van der Waals surface area contributed by atoms with Gasteiger partial charge in [-0.15, -0.1) is 0 Å². The highest BCUT2D eigenvalue weighted by molar-refractivity contribution is 5.79. The maximum absolute atomic E-state index is 13.7. The van der Waals surface area contributed by atoms with Crippen molar-refractivity contribution in [1.82, 2.24) is 24.8 Å². The molecule has 0 unspecified atom stereocenters. The molecule has 0 bridgehead atoms. The zero-order valence-electron chi connectivity index (χ0n) is 19.6. The molecule has 0 aliphatic rings. The topological polar surface area (TPSA) is 131 Å². The van der Waals surface area contributed by atoms with Crippen LogP contribution in [0.25, 0.3) is 5.82 Å². The highest BCUT2D eigenvalue weighted by atomic mass is 16.1. The van der Waals surface area contributed by atoms with Crippen LogP contribution in [0, 0.1) is 13.8 Å². The number of nitrogen functional groups attached to an aromatic ring is 1. The van der Waals surface area contributed by atoms with Crippen LogP contribution < -0.4 is 26.8 Å². The summed E-state index contributed by atoms with van der Waals surface area (Å²) in [6.45, 7) is 6.14. The van der Waals surface area contributed by atoms with Gasteiger partial charge < -0.3 is 21.3 Å². The molecule has 3 aromatic heterocycles. The quantitative estimate of drug-likeness (QED) is 0.475. The Bertz CT molecular complexity index is 1220. The summed E-state index contributed by atoms with van der Waals surface area (Å²) in [4.78, 5) is 40.9. The first-order valence-corrected chi connectivity index (χ1v) is 10.8. The van der Waals surface area contributed by atoms with E-state index in [-0.39, 0.29) is 23.7 Å². The van der Waals surface area contributed by atoms with Crippen LogP contribution in [0.3, 0.4) is 0 Å². The van der Waals surface area contributed by atoms with Gasteiger partial charge in [-0.1, -0.05) is 6.92 Å². The first kappa shape index (κ1) is 23.7. The van der Waals surface area contributed by atoms with Gasteiger partial charge in [0.05, 0.1) is 17.8 Å². The molecule has 10 nitrogen and oxygen atoms in total. The molecule has 0 atom stereocenters. The summed E-state index contributed by atoms with van der Waals surface area (Å²) >= 11 is 0. The van der Waals surface area contributed by atoms with Gasteiger partial charge in [-0.2, -0.15) is 0 Å². The Labute approximate surface area is 192 Å². The molecule has 3 rings (SSSR count). The maximum Gasteiger partial charge on any atom is 0.299 e. The van der Waals surface area contributed by atoms with Gasteiger partial charge in [-0.3, -0.25) is 14.2 Å². The van der Waals surface area contributed by atoms with Gasteiger partial charge >= 0.3 is 0 Å². The van der Waals surface area contributed by atoms with Gasteiger partial charge in [0.15, 0.2) is 11.6 Å². The molecule has 1 amide bonds. The van der Waals surface area contributed by atoms with Crippen molar-refractivity contribution in [2.75, 3.05) is 36.6 Å². The van der Waals surface area contributed by atoms with Crippen LogP contribution in [0.4, 0.5) is 23.0 Å². The Morgan fingerprint density at radius 2 is 1.97 bits per heavy atom. The molecule has 0 radical (unpaired) electrons. The summed E-state index contributed by atoms with van der Waals surface area (Å²) < 4.78 is 1.46. The van der Waals surface area contributed by atoms with Crippen LogP contribution in [0.15, 0.2) is 35.4 Å². The molecule has 10 heteroatoms. The number of hydrogen-bond donors (Lipinski definition) is 3. The van der Waals surface area contributed by atoms with E-state index in [0.29, 0.717) is 40.8 Å². The smallest absolute Gasteiger partial charge is 0.299 e. The molecule has 0 saturated heterocycles. The number of carbonyl (C=O) groups excluding carboxylic acids is 1. The zero-order valence-corrected chi connectivity index (χ0v) is 19.6. The monoisotopic (exact) mass is 450 g/mol. The van der Waals surface area contributed by atoms with Gasteiger partial charge in [0.1, 0.15) is 0 Å². The first-order valence-electron chi connectivity index (χ1n) is 10.8. The Balaban J connectivity index is 2.18. The zero-order chi connectivity index (χ0) is 24.1. The minimum atomic E-state index is -0.353. The van der Waals surface area contributed by atoms with Gasteiger partial charge in [-0.25, -0.2) is 15.0 Å². The van der Waals surface area contributed by atoms with Crippen LogP contribution in [0.1, 0.15) is 30.3 Å². The fraction of sp³-hybridized carbons (Fsp3) is 0.348. The lowest BCUT2D eigenvalue weighted by Gasteiger charge is -2.25. The summed E-state index contributed by atoms with van der Waals surface area (Å²) in [6.07, 6.45) is 4.24. The predicted molar refractivity (Wildman–Crippen MR) is 130 cm³/mol. The Hall–Kier alpha value is -3.95. The van der Waals surface area contributed by atoms with E-state index in [2.05, 4.69) is 25.6 Å². The second-order valence-corrected chi connectivity index (χ2v) is 7.64. The van der Waals surface area contributed by atoms with Gasteiger partial charge in [0.25, 0.3) is 5.56 Å². The molecular formula is C23H30N8O2. The number of amides is 1. The molecule has 0 aliphatic heterocycles. The maximum atomic E-state index is 13.7. The summed E-state index contributed by atoms with van der Waals surface area (Å²) in [6, 6.07) is 5.42. The summed E-state index contributed by atoms with van der Waals surface area (Å²) in [5, 5.41) is 5.71. The standard InChI is InChI=1S/C23H30N8O2/c1-6-10-30(21-18(25-4)8-7-9-27-21)22-23(33)31(14(2)13-28-22)20-17(24)11-16(15(3)29-20)12-19(32)26-5/h7-9,11,13,25H,6,10,12,24H2,1-5H3,(H,26,32). The number of aryl methyl sites for hydroxylation is 2. The summed E-state index contributed by atoms with van der Waals surface area (Å²) in [5.74, 6) is 1.01. The minimum Gasteiger partial charge on any atom is -0.396 e. The fourth-order valence-electron chi connectivity index (χ4n) is 3.59. The molecule has 33 heavy (non-hydrogen) atoms. The molecule has 0 aromatic carbocycles. The van der Waals surface area contributed by atoms with Gasteiger partial charge in [-0.05, 0) is 44.0 Å². The van der Waals surface area contributed by atoms with Crippen molar-refractivity contribution >= 4 is 28.9 Å². The summed E-state index contributed by atoms with van der Waals surface area (Å²) in [5.41, 5.74) is 8.96. The molecule has 174 valence electrons. The van der Waals surface area contributed by atoms with Crippen LogP contribution in [0.2, 0.25) is 0 Å². The summed E-state index contributed by atoms with van der Waals surface area (Å²) in [7, 11) is 3.38.